The van der Waals surface area contributed by atoms with Gasteiger partial charge in [0.2, 0.25) is 0 Å². The van der Waals surface area contributed by atoms with Gasteiger partial charge in [0.25, 0.3) is 5.56 Å². The summed E-state index contributed by atoms with van der Waals surface area (Å²) >= 11 is 0. The molecule has 0 aliphatic rings. The summed E-state index contributed by atoms with van der Waals surface area (Å²) in [5.74, 6) is -1.22. The van der Waals surface area contributed by atoms with Gasteiger partial charge in [-0.15, -0.1) is 0 Å². The minimum absolute atomic E-state index is 0.0828. The third-order valence-electron chi connectivity index (χ3n) is 1.99. The highest BCUT2D eigenvalue weighted by Gasteiger charge is 2.06. The van der Waals surface area contributed by atoms with Crippen LogP contribution in [0.15, 0.2) is 47.4 Å². The van der Waals surface area contributed by atoms with Crippen molar-refractivity contribution in [3.8, 4) is 5.69 Å². The van der Waals surface area contributed by atoms with Gasteiger partial charge in [0.1, 0.15) is 11.6 Å². The molecule has 0 saturated carbocycles. The maximum absolute atomic E-state index is 13.3. The summed E-state index contributed by atoms with van der Waals surface area (Å²) < 4.78 is 27.2. The van der Waals surface area contributed by atoms with Crippen LogP contribution in [-0.2, 0) is 0 Å². The van der Waals surface area contributed by atoms with Gasteiger partial charge in [-0.1, -0.05) is 6.07 Å². The molecular formula is C11H7F2NO. The molecule has 2 nitrogen and oxygen atoms in total. The molecule has 0 N–H and O–H groups in total. The second-order valence-corrected chi connectivity index (χ2v) is 3.00. The summed E-state index contributed by atoms with van der Waals surface area (Å²) in [5, 5.41) is 0. The fourth-order valence-electron chi connectivity index (χ4n) is 1.30. The normalized spacial score (nSPS) is 10.3. The highest BCUT2D eigenvalue weighted by atomic mass is 19.1. The van der Waals surface area contributed by atoms with Gasteiger partial charge >= 0.3 is 0 Å². The van der Waals surface area contributed by atoms with Crippen LogP contribution in [0.25, 0.3) is 5.69 Å². The van der Waals surface area contributed by atoms with Crippen molar-refractivity contribution in [3.05, 3.63) is 64.6 Å². The lowest BCUT2D eigenvalue weighted by Crippen LogP contribution is -2.16. The number of halogens is 2. The summed E-state index contributed by atoms with van der Waals surface area (Å²) in [6.45, 7) is 0. The molecule has 1 aromatic carbocycles. The zero-order valence-electron chi connectivity index (χ0n) is 7.65. The molecule has 15 heavy (non-hydrogen) atoms. The van der Waals surface area contributed by atoms with Crippen LogP contribution in [0, 0.1) is 11.6 Å². The van der Waals surface area contributed by atoms with Crippen molar-refractivity contribution in [1.82, 2.24) is 4.57 Å². The van der Waals surface area contributed by atoms with Crippen LogP contribution < -0.4 is 5.56 Å². The number of pyridine rings is 1. The van der Waals surface area contributed by atoms with Crippen molar-refractivity contribution < 1.29 is 8.78 Å². The molecule has 0 aliphatic carbocycles. The van der Waals surface area contributed by atoms with Crippen LogP contribution >= 0.6 is 0 Å². The Morgan fingerprint density at radius 1 is 1.07 bits per heavy atom. The molecule has 0 spiro atoms. The molecule has 0 amide bonds. The summed E-state index contributed by atoms with van der Waals surface area (Å²) in [6.07, 6.45) is 1.39. The Bertz CT molecular complexity index is 548. The average molecular weight is 207 g/mol. The summed E-state index contributed by atoms with van der Waals surface area (Å²) in [6, 6.07) is 7.37. The Morgan fingerprint density at radius 3 is 2.60 bits per heavy atom. The Labute approximate surface area is 84.4 Å². The van der Waals surface area contributed by atoms with Crippen LogP contribution in [0.2, 0.25) is 0 Å². The van der Waals surface area contributed by atoms with Crippen LogP contribution in [0.3, 0.4) is 0 Å². The molecule has 0 unspecified atom stereocenters. The van der Waals surface area contributed by atoms with E-state index in [1.165, 1.54) is 18.3 Å². The van der Waals surface area contributed by atoms with Crippen LogP contribution in [0.1, 0.15) is 0 Å². The molecule has 2 aromatic rings. The Kier molecular flexibility index (Phi) is 2.33. The molecule has 0 atom stereocenters. The van der Waals surface area contributed by atoms with Crippen LogP contribution in [0.5, 0.6) is 0 Å². The van der Waals surface area contributed by atoms with E-state index in [1.54, 1.807) is 6.07 Å². The molecule has 0 saturated heterocycles. The van der Waals surface area contributed by atoms with Gasteiger partial charge in [0.05, 0.1) is 5.69 Å². The van der Waals surface area contributed by atoms with E-state index < -0.39 is 17.2 Å². The van der Waals surface area contributed by atoms with E-state index in [9.17, 15) is 13.6 Å². The van der Waals surface area contributed by atoms with E-state index in [0.717, 1.165) is 22.8 Å². The van der Waals surface area contributed by atoms with E-state index in [1.807, 2.05) is 0 Å². The standard InChI is InChI=1S/C11H7F2NO/c12-8-4-5-9(13)10(7-8)14-6-2-1-3-11(14)15/h1-7H. The van der Waals surface area contributed by atoms with Crippen molar-refractivity contribution in [3.63, 3.8) is 0 Å². The minimum Gasteiger partial charge on any atom is -0.281 e. The second kappa shape index (κ2) is 3.65. The molecule has 0 radical (unpaired) electrons. The van der Waals surface area contributed by atoms with E-state index in [4.69, 9.17) is 0 Å². The SMILES string of the molecule is O=c1ccccn1-c1cc(F)ccc1F. The summed E-state index contributed by atoms with van der Waals surface area (Å²) in [4.78, 5) is 11.4. The molecule has 76 valence electrons. The molecule has 0 fully saturated rings. The monoisotopic (exact) mass is 207 g/mol. The predicted molar refractivity (Wildman–Crippen MR) is 52.0 cm³/mol. The maximum atomic E-state index is 13.3. The zero-order chi connectivity index (χ0) is 10.8. The number of rotatable bonds is 1. The second-order valence-electron chi connectivity index (χ2n) is 3.00. The molecule has 0 bridgehead atoms. The molecule has 2 rings (SSSR count). The van der Waals surface area contributed by atoms with Gasteiger partial charge in [-0.3, -0.25) is 9.36 Å². The molecule has 1 heterocycles. The van der Waals surface area contributed by atoms with E-state index in [0.29, 0.717) is 0 Å². The largest absolute Gasteiger partial charge is 0.281 e. The van der Waals surface area contributed by atoms with Crippen molar-refractivity contribution in [2.45, 2.75) is 0 Å². The zero-order valence-corrected chi connectivity index (χ0v) is 7.65. The van der Waals surface area contributed by atoms with Crippen LogP contribution in [0.4, 0.5) is 8.78 Å². The number of hydrogen-bond donors (Lipinski definition) is 0. The summed E-state index contributed by atoms with van der Waals surface area (Å²) in [5.41, 5.74) is -0.484. The first-order valence-corrected chi connectivity index (χ1v) is 4.31. The lowest BCUT2D eigenvalue weighted by Gasteiger charge is -2.05. The lowest BCUT2D eigenvalue weighted by molar-refractivity contribution is 0.591. The van der Waals surface area contributed by atoms with Crippen molar-refractivity contribution in [2.75, 3.05) is 0 Å². The van der Waals surface area contributed by atoms with Gasteiger partial charge < -0.3 is 0 Å². The van der Waals surface area contributed by atoms with Crippen molar-refractivity contribution in [1.29, 1.82) is 0 Å². The fourth-order valence-corrected chi connectivity index (χ4v) is 1.30. The van der Waals surface area contributed by atoms with Gasteiger partial charge in [-0.25, -0.2) is 8.78 Å². The Hall–Kier alpha value is -1.97. The highest BCUT2D eigenvalue weighted by molar-refractivity contribution is 5.34. The van der Waals surface area contributed by atoms with Gasteiger partial charge in [-0.2, -0.15) is 0 Å². The van der Waals surface area contributed by atoms with Gasteiger partial charge in [0.15, 0.2) is 0 Å². The number of nitrogens with zero attached hydrogens (tertiary/aromatic N) is 1. The van der Waals surface area contributed by atoms with Gasteiger partial charge in [-0.05, 0) is 18.2 Å². The van der Waals surface area contributed by atoms with Crippen molar-refractivity contribution >= 4 is 0 Å². The molecule has 0 aliphatic heterocycles. The molecule has 4 heteroatoms. The van der Waals surface area contributed by atoms with E-state index in [2.05, 4.69) is 0 Å². The van der Waals surface area contributed by atoms with E-state index >= 15 is 0 Å². The Morgan fingerprint density at radius 2 is 1.87 bits per heavy atom. The first-order valence-electron chi connectivity index (χ1n) is 4.31. The predicted octanol–water partition coefficient (Wildman–Crippen LogP) is 2.12. The molecular weight excluding hydrogens is 200 g/mol. The third-order valence-corrected chi connectivity index (χ3v) is 1.99. The number of hydrogen-bond acceptors (Lipinski definition) is 1. The van der Waals surface area contributed by atoms with Crippen LogP contribution in [-0.4, -0.2) is 4.57 Å². The quantitative estimate of drug-likeness (QED) is 0.702. The van der Waals surface area contributed by atoms with E-state index in [-0.39, 0.29) is 5.69 Å². The Balaban J connectivity index is 2.69. The van der Waals surface area contributed by atoms with Crippen molar-refractivity contribution in [2.24, 2.45) is 0 Å². The minimum atomic E-state index is -0.635. The average Bonchev–Trinajstić information content (AvgIpc) is 2.23. The fraction of sp³-hybridized carbons (Fsp3) is 0. The highest BCUT2D eigenvalue weighted by Crippen LogP contribution is 2.12. The number of benzene rings is 1. The lowest BCUT2D eigenvalue weighted by atomic mass is 10.3. The first kappa shape index (κ1) is 9.58. The third kappa shape index (κ3) is 1.79. The maximum Gasteiger partial charge on any atom is 0.255 e. The topological polar surface area (TPSA) is 22.0 Å². The first-order chi connectivity index (χ1) is 7.18. The smallest absolute Gasteiger partial charge is 0.255 e. The number of aromatic nitrogens is 1. The summed E-state index contributed by atoms with van der Waals surface area (Å²) in [7, 11) is 0. The van der Waals surface area contributed by atoms with Gasteiger partial charge in [0, 0.05) is 18.3 Å². The molecule has 1 aromatic heterocycles.